The van der Waals surface area contributed by atoms with Crippen molar-refractivity contribution in [3.63, 3.8) is 0 Å². The van der Waals surface area contributed by atoms with Gasteiger partial charge in [0.05, 0.1) is 11.5 Å². The van der Waals surface area contributed by atoms with Crippen LogP contribution in [0.3, 0.4) is 0 Å². The molecule has 0 heterocycles. The number of carbonyl (C=O) groups is 1. The lowest BCUT2D eigenvalue weighted by molar-refractivity contribution is -0.140. The highest BCUT2D eigenvalue weighted by atomic mass is 32.2. The molecule has 0 aliphatic carbocycles. The predicted molar refractivity (Wildman–Crippen MR) is 78.9 cm³/mol. The summed E-state index contributed by atoms with van der Waals surface area (Å²) in [6.45, 7) is 7.35. The highest BCUT2D eigenvalue weighted by Crippen LogP contribution is 2.22. The molecule has 1 aromatic rings. The normalized spacial score (nSPS) is 13.2. The molecular weight excluding hydrogens is 294 g/mol. The molecule has 7 heteroatoms. The molecule has 6 nitrogen and oxygen atoms in total. The van der Waals surface area contributed by atoms with E-state index in [2.05, 4.69) is 4.72 Å². The van der Waals surface area contributed by atoms with Crippen molar-refractivity contribution in [1.82, 2.24) is 4.72 Å². The van der Waals surface area contributed by atoms with E-state index in [1.165, 1.54) is 12.1 Å². The number of aryl methyl sites for hydroxylation is 1. The van der Waals surface area contributed by atoms with Gasteiger partial charge in [0.1, 0.15) is 11.8 Å². The average molecular weight is 315 g/mol. The minimum Gasteiger partial charge on any atom is -0.494 e. The number of hydrogen-bond donors (Lipinski definition) is 2. The number of benzene rings is 1. The zero-order valence-electron chi connectivity index (χ0n) is 12.6. The number of aliphatic carboxylic acids is 1. The first kappa shape index (κ1) is 17.5. The molecular formula is C14H21NO5S. The van der Waals surface area contributed by atoms with Gasteiger partial charge in [-0.3, -0.25) is 4.79 Å². The second kappa shape index (κ2) is 6.91. The van der Waals surface area contributed by atoms with Crippen LogP contribution < -0.4 is 9.46 Å². The summed E-state index contributed by atoms with van der Waals surface area (Å²) in [5.41, 5.74) is 0.677. The SMILES string of the molecule is CCOc1ccc(S(=O)(=O)N[C@@H](C(=O)O)C(C)C)cc1C. The third kappa shape index (κ3) is 4.44. The fraction of sp³-hybridized carbons (Fsp3) is 0.500. The first-order chi connectivity index (χ1) is 9.69. The van der Waals surface area contributed by atoms with Gasteiger partial charge < -0.3 is 9.84 Å². The smallest absolute Gasteiger partial charge is 0.322 e. The fourth-order valence-corrected chi connectivity index (χ4v) is 3.24. The molecule has 0 saturated heterocycles. The molecule has 0 amide bonds. The van der Waals surface area contributed by atoms with Crippen molar-refractivity contribution >= 4 is 16.0 Å². The average Bonchev–Trinajstić information content (AvgIpc) is 2.38. The standard InChI is InChI=1S/C14H21NO5S/c1-5-20-12-7-6-11(8-10(12)4)21(18,19)15-13(9(2)3)14(16)17/h6-9,13,15H,5H2,1-4H3,(H,16,17)/t13-/m1/s1. The zero-order chi connectivity index (χ0) is 16.2. The van der Waals surface area contributed by atoms with Crippen molar-refractivity contribution in [3.8, 4) is 5.75 Å². The third-order valence-corrected chi connectivity index (χ3v) is 4.41. The van der Waals surface area contributed by atoms with E-state index in [-0.39, 0.29) is 10.8 Å². The maximum absolute atomic E-state index is 12.3. The van der Waals surface area contributed by atoms with Crippen LogP contribution in [0.1, 0.15) is 26.3 Å². The summed E-state index contributed by atoms with van der Waals surface area (Å²) >= 11 is 0. The van der Waals surface area contributed by atoms with Crippen LogP contribution in [-0.2, 0) is 14.8 Å². The lowest BCUT2D eigenvalue weighted by atomic mass is 10.1. The molecule has 0 spiro atoms. The summed E-state index contributed by atoms with van der Waals surface area (Å²) < 4.78 is 32.1. The van der Waals surface area contributed by atoms with Gasteiger partial charge in [-0.25, -0.2) is 8.42 Å². The highest BCUT2D eigenvalue weighted by Gasteiger charge is 2.28. The Morgan fingerprint density at radius 1 is 1.38 bits per heavy atom. The minimum atomic E-state index is -3.89. The van der Waals surface area contributed by atoms with Crippen molar-refractivity contribution in [2.75, 3.05) is 6.61 Å². The molecule has 0 saturated carbocycles. The molecule has 1 atom stereocenters. The first-order valence-electron chi connectivity index (χ1n) is 6.67. The van der Waals surface area contributed by atoms with Gasteiger partial charge in [-0.15, -0.1) is 0 Å². The molecule has 0 unspecified atom stereocenters. The molecule has 0 aliphatic rings. The topological polar surface area (TPSA) is 92.7 Å². The largest absolute Gasteiger partial charge is 0.494 e. The van der Waals surface area contributed by atoms with E-state index in [4.69, 9.17) is 9.84 Å². The zero-order valence-corrected chi connectivity index (χ0v) is 13.4. The van der Waals surface area contributed by atoms with Crippen molar-refractivity contribution < 1.29 is 23.1 Å². The van der Waals surface area contributed by atoms with Crippen molar-refractivity contribution in [3.05, 3.63) is 23.8 Å². The molecule has 0 radical (unpaired) electrons. The Morgan fingerprint density at radius 2 is 2.00 bits per heavy atom. The molecule has 1 rings (SSSR count). The number of hydrogen-bond acceptors (Lipinski definition) is 4. The summed E-state index contributed by atoms with van der Waals surface area (Å²) in [4.78, 5) is 11.1. The van der Waals surface area contributed by atoms with Gasteiger partial charge in [-0.2, -0.15) is 4.72 Å². The molecule has 0 aliphatic heterocycles. The lowest BCUT2D eigenvalue weighted by Crippen LogP contribution is -2.44. The maximum Gasteiger partial charge on any atom is 0.322 e. The van der Waals surface area contributed by atoms with Crippen LogP contribution in [0, 0.1) is 12.8 Å². The Labute approximate surface area is 125 Å². The fourth-order valence-electron chi connectivity index (χ4n) is 1.81. The quantitative estimate of drug-likeness (QED) is 0.800. The van der Waals surface area contributed by atoms with E-state index in [1.807, 2.05) is 6.92 Å². The predicted octanol–water partition coefficient (Wildman–Crippen LogP) is 1.78. The Balaban J connectivity index is 3.08. The Kier molecular flexibility index (Phi) is 5.74. The van der Waals surface area contributed by atoms with Crippen molar-refractivity contribution in [2.24, 2.45) is 5.92 Å². The summed E-state index contributed by atoms with van der Waals surface area (Å²) in [5.74, 6) is -0.951. The van der Waals surface area contributed by atoms with E-state index in [1.54, 1.807) is 26.8 Å². The van der Waals surface area contributed by atoms with Gasteiger partial charge in [0.2, 0.25) is 10.0 Å². The van der Waals surface area contributed by atoms with Crippen LogP contribution in [0.15, 0.2) is 23.1 Å². The maximum atomic E-state index is 12.3. The van der Waals surface area contributed by atoms with Crippen LogP contribution in [-0.4, -0.2) is 32.1 Å². The Bertz CT molecular complexity index is 610. The molecule has 21 heavy (non-hydrogen) atoms. The number of carboxylic acid groups (broad SMARTS) is 1. The van der Waals surface area contributed by atoms with Crippen LogP contribution in [0.2, 0.25) is 0 Å². The summed E-state index contributed by atoms with van der Waals surface area (Å²) in [7, 11) is -3.89. The van der Waals surface area contributed by atoms with Gasteiger partial charge in [-0.05, 0) is 43.5 Å². The molecule has 0 bridgehead atoms. The van der Waals surface area contributed by atoms with Crippen molar-refractivity contribution in [2.45, 2.75) is 38.6 Å². The molecule has 0 aromatic heterocycles. The number of carboxylic acids is 1. The Morgan fingerprint density at radius 3 is 2.43 bits per heavy atom. The van der Waals surface area contributed by atoms with E-state index in [0.29, 0.717) is 17.9 Å². The molecule has 1 aromatic carbocycles. The van der Waals surface area contributed by atoms with Gasteiger partial charge in [0.15, 0.2) is 0 Å². The monoisotopic (exact) mass is 315 g/mol. The third-order valence-electron chi connectivity index (χ3n) is 2.97. The molecule has 118 valence electrons. The van der Waals surface area contributed by atoms with Crippen LogP contribution in [0.4, 0.5) is 0 Å². The number of rotatable bonds is 7. The van der Waals surface area contributed by atoms with Gasteiger partial charge in [0, 0.05) is 0 Å². The molecule has 2 N–H and O–H groups in total. The second-order valence-corrected chi connectivity index (χ2v) is 6.76. The number of ether oxygens (including phenoxy) is 1. The van der Waals surface area contributed by atoms with E-state index in [9.17, 15) is 13.2 Å². The highest BCUT2D eigenvalue weighted by molar-refractivity contribution is 7.89. The van der Waals surface area contributed by atoms with Gasteiger partial charge in [0.25, 0.3) is 0 Å². The summed E-state index contributed by atoms with van der Waals surface area (Å²) in [6, 6.07) is 3.27. The van der Waals surface area contributed by atoms with E-state index in [0.717, 1.165) is 0 Å². The van der Waals surface area contributed by atoms with Crippen molar-refractivity contribution in [1.29, 1.82) is 0 Å². The lowest BCUT2D eigenvalue weighted by Gasteiger charge is -2.18. The summed E-state index contributed by atoms with van der Waals surface area (Å²) in [5, 5.41) is 9.08. The van der Waals surface area contributed by atoms with Gasteiger partial charge in [-0.1, -0.05) is 13.8 Å². The van der Waals surface area contributed by atoms with Gasteiger partial charge >= 0.3 is 5.97 Å². The van der Waals surface area contributed by atoms with E-state index < -0.39 is 22.0 Å². The minimum absolute atomic E-state index is 0.0235. The van der Waals surface area contributed by atoms with Crippen LogP contribution in [0.25, 0.3) is 0 Å². The second-order valence-electron chi connectivity index (χ2n) is 5.04. The molecule has 0 fully saturated rings. The Hall–Kier alpha value is -1.60. The van der Waals surface area contributed by atoms with Crippen LogP contribution >= 0.6 is 0 Å². The van der Waals surface area contributed by atoms with Crippen LogP contribution in [0.5, 0.6) is 5.75 Å². The summed E-state index contributed by atoms with van der Waals surface area (Å²) in [6.07, 6.45) is 0. The first-order valence-corrected chi connectivity index (χ1v) is 8.16. The number of nitrogens with one attached hydrogen (secondary N) is 1. The number of sulfonamides is 1. The van der Waals surface area contributed by atoms with E-state index >= 15 is 0 Å².